The van der Waals surface area contributed by atoms with Crippen molar-refractivity contribution < 1.29 is 14.3 Å². The van der Waals surface area contributed by atoms with Gasteiger partial charge >= 0.3 is 0 Å². The van der Waals surface area contributed by atoms with E-state index in [9.17, 15) is 14.3 Å². The van der Waals surface area contributed by atoms with Gasteiger partial charge in [-0.05, 0) is 118 Å². The summed E-state index contributed by atoms with van der Waals surface area (Å²) in [5, 5.41) is 19.1. The monoisotopic (exact) mass is 481 g/mol. The minimum atomic E-state index is -0.498. The van der Waals surface area contributed by atoms with Crippen molar-refractivity contribution in [1.29, 1.82) is 0 Å². The smallest absolute Gasteiger partial charge is 0.157 e. The molecule has 190 valence electrons. The number of carbonyl (C=O) groups is 1. The molecule has 6 heteroatoms. The third-order valence-electron chi connectivity index (χ3n) is 11.5. The molecule has 4 aliphatic rings. The number of carbonyl (C=O) groups excluding carboxylic acids is 1. The van der Waals surface area contributed by atoms with Crippen molar-refractivity contribution in [2.24, 2.45) is 40.4 Å². The molecular formula is C29H40FN3O2. The van der Waals surface area contributed by atoms with Gasteiger partial charge in [0.2, 0.25) is 0 Å². The zero-order valence-electron chi connectivity index (χ0n) is 21.5. The van der Waals surface area contributed by atoms with Crippen molar-refractivity contribution in [2.75, 3.05) is 0 Å². The van der Waals surface area contributed by atoms with Gasteiger partial charge in [0, 0.05) is 12.0 Å². The zero-order chi connectivity index (χ0) is 24.6. The molecule has 5 nitrogen and oxygen atoms in total. The second kappa shape index (κ2) is 8.09. The summed E-state index contributed by atoms with van der Waals surface area (Å²) in [6, 6.07) is 4.46. The fourth-order valence-corrected chi connectivity index (χ4v) is 9.79. The molecule has 4 saturated carbocycles. The maximum atomic E-state index is 13.7. The van der Waals surface area contributed by atoms with E-state index in [1.807, 2.05) is 6.92 Å². The van der Waals surface area contributed by atoms with E-state index in [-0.39, 0.29) is 29.5 Å². The number of aliphatic hydroxyl groups is 1. The largest absolute Gasteiger partial charge is 0.390 e. The van der Waals surface area contributed by atoms with Gasteiger partial charge in [-0.2, -0.15) is 0 Å². The first-order chi connectivity index (χ1) is 16.7. The number of nitrogens with zero attached hydrogens (tertiary/aromatic N) is 3. The van der Waals surface area contributed by atoms with Crippen LogP contribution in [0.1, 0.15) is 85.0 Å². The average molecular weight is 482 g/mol. The van der Waals surface area contributed by atoms with E-state index < -0.39 is 5.60 Å². The average Bonchev–Trinajstić information content (AvgIpc) is 3.38. The Morgan fingerprint density at radius 3 is 2.74 bits per heavy atom. The van der Waals surface area contributed by atoms with Crippen molar-refractivity contribution in [3.8, 4) is 0 Å². The summed E-state index contributed by atoms with van der Waals surface area (Å²) in [4.78, 5) is 13.7. The summed E-state index contributed by atoms with van der Waals surface area (Å²) < 4.78 is 15.2. The van der Waals surface area contributed by atoms with Gasteiger partial charge in [-0.3, -0.25) is 4.79 Å². The third kappa shape index (κ3) is 3.53. The Hall–Kier alpha value is -1.82. The van der Waals surface area contributed by atoms with Crippen LogP contribution in [-0.4, -0.2) is 31.5 Å². The lowest BCUT2D eigenvalue weighted by Crippen LogP contribution is -2.56. The van der Waals surface area contributed by atoms with Gasteiger partial charge in [0.1, 0.15) is 17.9 Å². The lowest BCUT2D eigenvalue weighted by molar-refractivity contribution is -0.158. The summed E-state index contributed by atoms with van der Waals surface area (Å²) in [6.45, 7) is 7.05. The van der Waals surface area contributed by atoms with Crippen molar-refractivity contribution in [3.63, 3.8) is 0 Å². The molecule has 0 saturated heterocycles. The molecule has 1 aromatic carbocycles. The van der Waals surface area contributed by atoms with E-state index in [0.29, 0.717) is 28.7 Å². The number of benzene rings is 1. The maximum Gasteiger partial charge on any atom is 0.157 e. The topological polar surface area (TPSA) is 68.0 Å². The van der Waals surface area contributed by atoms with Crippen LogP contribution in [0.4, 0.5) is 4.39 Å². The Kier molecular flexibility index (Phi) is 5.45. The molecule has 0 amide bonds. The predicted molar refractivity (Wildman–Crippen MR) is 133 cm³/mol. The summed E-state index contributed by atoms with van der Waals surface area (Å²) in [5.41, 5.74) is 1.16. The number of rotatable bonds is 4. The Labute approximate surface area is 207 Å². The lowest BCUT2D eigenvalue weighted by Gasteiger charge is -2.63. The molecule has 8 atom stereocenters. The highest BCUT2D eigenvalue weighted by molar-refractivity contribution is 5.84. The van der Waals surface area contributed by atoms with Crippen LogP contribution in [-0.2, 0) is 11.3 Å². The SMILES string of the molecule is CC[C@]12CC[C@@](C)(O)C[C@@H]1CC[C@H]1[C@@H]3CC[C@H](C(=O)Cn4nnc5cc(F)ccc54)[C@@]3(C)CC[C@@H]12. The number of hydrogen-bond acceptors (Lipinski definition) is 4. The number of ketones is 1. The lowest BCUT2D eigenvalue weighted by atomic mass is 9.42. The van der Waals surface area contributed by atoms with Crippen molar-refractivity contribution >= 4 is 16.8 Å². The van der Waals surface area contributed by atoms with Crippen molar-refractivity contribution in [1.82, 2.24) is 15.0 Å². The standard InChI is InChI=1S/C29H40FN3O2/c1-4-29-14-13-27(2,35)16-18(29)5-7-20-21-8-9-23(28(21,3)12-11-22(20)29)26(34)17-33-25-10-6-19(30)15-24(25)31-32-33/h6,10,15,18,20-23,35H,4-5,7-9,11-14,16-17H2,1-3H3/t18-,20-,21-,22-,23+,27+,28-,29-/m0/s1. The first-order valence-corrected chi connectivity index (χ1v) is 13.9. The van der Waals surface area contributed by atoms with Gasteiger partial charge in [-0.1, -0.05) is 19.1 Å². The molecule has 1 heterocycles. The van der Waals surface area contributed by atoms with Gasteiger partial charge in [0.25, 0.3) is 0 Å². The number of hydrogen-bond donors (Lipinski definition) is 1. The second-order valence-corrected chi connectivity index (χ2v) is 13.0. The van der Waals surface area contributed by atoms with Gasteiger partial charge in [-0.15, -0.1) is 5.10 Å². The summed E-state index contributed by atoms with van der Waals surface area (Å²) in [5.74, 6) is 2.70. The Balaban J connectivity index is 1.23. The molecule has 4 fully saturated rings. The molecule has 1 N–H and O–H groups in total. The summed E-state index contributed by atoms with van der Waals surface area (Å²) in [6.07, 6.45) is 11.2. The fourth-order valence-electron chi connectivity index (χ4n) is 9.79. The van der Waals surface area contributed by atoms with Gasteiger partial charge < -0.3 is 5.11 Å². The molecule has 0 unspecified atom stereocenters. The van der Waals surface area contributed by atoms with Crippen molar-refractivity contribution in [2.45, 2.75) is 97.1 Å². The first kappa shape index (κ1) is 23.6. The van der Waals surface area contributed by atoms with Crippen LogP contribution in [0, 0.1) is 46.2 Å². The molecule has 1 aromatic heterocycles. The summed E-state index contributed by atoms with van der Waals surface area (Å²) in [7, 11) is 0. The molecule has 0 bridgehead atoms. The normalized spacial score (nSPS) is 42.9. The molecular weight excluding hydrogens is 441 g/mol. The number of Topliss-reactive ketones (excluding diaryl/α,β-unsaturated/α-hetero) is 1. The highest BCUT2D eigenvalue weighted by atomic mass is 19.1. The number of halogens is 1. The van der Waals surface area contributed by atoms with Crippen LogP contribution in [0.15, 0.2) is 18.2 Å². The molecule has 4 aliphatic carbocycles. The summed E-state index contributed by atoms with van der Waals surface area (Å²) >= 11 is 0. The predicted octanol–water partition coefficient (Wildman–Crippen LogP) is 5.94. The fraction of sp³-hybridized carbons (Fsp3) is 0.759. The molecule has 0 aliphatic heterocycles. The van der Waals surface area contributed by atoms with Crippen LogP contribution in [0.2, 0.25) is 0 Å². The second-order valence-electron chi connectivity index (χ2n) is 13.0. The quantitative estimate of drug-likeness (QED) is 0.587. The van der Waals surface area contributed by atoms with Crippen LogP contribution in [0.5, 0.6) is 0 Å². The minimum absolute atomic E-state index is 0.0582. The highest BCUT2D eigenvalue weighted by Gasteiger charge is 2.62. The van der Waals surface area contributed by atoms with Crippen LogP contribution in [0.3, 0.4) is 0 Å². The van der Waals surface area contributed by atoms with Crippen molar-refractivity contribution in [3.05, 3.63) is 24.0 Å². The first-order valence-electron chi connectivity index (χ1n) is 13.9. The Morgan fingerprint density at radius 2 is 1.94 bits per heavy atom. The number of fused-ring (bicyclic) bond motifs is 6. The highest BCUT2D eigenvalue weighted by Crippen LogP contribution is 2.69. The molecule has 6 rings (SSSR count). The van der Waals surface area contributed by atoms with Crippen LogP contribution < -0.4 is 0 Å². The van der Waals surface area contributed by atoms with E-state index in [4.69, 9.17) is 0 Å². The van der Waals surface area contributed by atoms with E-state index >= 15 is 0 Å². The van der Waals surface area contributed by atoms with E-state index in [2.05, 4.69) is 24.2 Å². The zero-order valence-corrected chi connectivity index (χ0v) is 21.5. The Bertz CT molecular complexity index is 1140. The van der Waals surface area contributed by atoms with E-state index in [1.54, 1.807) is 10.7 Å². The van der Waals surface area contributed by atoms with E-state index in [1.165, 1.54) is 37.8 Å². The third-order valence-corrected chi connectivity index (χ3v) is 11.5. The van der Waals surface area contributed by atoms with Gasteiger partial charge in [-0.25, -0.2) is 9.07 Å². The number of aromatic nitrogens is 3. The van der Waals surface area contributed by atoms with Crippen LogP contribution in [0.25, 0.3) is 11.0 Å². The maximum absolute atomic E-state index is 13.7. The van der Waals surface area contributed by atoms with Crippen LogP contribution >= 0.6 is 0 Å². The molecule has 0 radical (unpaired) electrons. The van der Waals surface area contributed by atoms with Gasteiger partial charge in [0.15, 0.2) is 5.78 Å². The molecule has 2 aromatic rings. The Morgan fingerprint density at radius 1 is 1.11 bits per heavy atom. The van der Waals surface area contributed by atoms with E-state index in [0.717, 1.165) is 50.0 Å². The molecule has 0 spiro atoms. The molecule has 35 heavy (non-hydrogen) atoms. The van der Waals surface area contributed by atoms with Gasteiger partial charge in [0.05, 0.1) is 11.1 Å². The minimum Gasteiger partial charge on any atom is -0.390 e.